The van der Waals surface area contributed by atoms with Crippen molar-refractivity contribution in [3.8, 4) is 0 Å². The molecular formula is C65H83BF2N7O15U. The van der Waals surface area contributed by atoms with Crippen LogP contribution in [-0.4, -0.2) is 162 Å². The van der Waals surface area contributed by atoms with Crippen LogP contribution in [0.4, 0.5) is 28.0 Å². The first-order valence-electron chi connectivity index (χ1n) is 32.3. The zero-order valence-corrected chi connectivity index (χ0v) is 56.6. The molecule has 1 radical (unpaired) electrons. The van der Waals surface area contributed by atoms with Gasteiger partial charge < -0.3 is 49.2 Å². The van der Waals surface area contributed by atoms with Crippen molar-refractivity contribution in [2.45, 2.75) is 217 Å². The Morgan fingerprint density at radius 2 is 1.15 bits per heavy atom. The molecule has 7 heterocycles. The summed E-state index contributed by atoms with van der Waals surface area (Å²) in [6.45, 7) is 10.8. The second kappa shape index (κ2) is 28.6. The summed E-state index contributed by atoms with van der Waals surface area (Å²) in [4.78, 5) is 130. The Morgan fingerprint density at radius 3 is 1.63 bits per heavy atom. The summed E-state index contributed by atoms with van der Waals surface area (Å²) in [6, 6.07) is 5.68. The number of nitrogens with zero attached hydrogens (tertiary/aromatic N) is 5. The van der Waals surface area contributed by atoms with Gasteiger partial charge in [0.25, 0.3) is 0 Å². The third kappa shape index (κ3) is 16.3. The van der Waals surface area contributed by atoms with Crippen molar-refractivity contribution in [1.82, 2.24) is 30.2 Å². The zero-order chi connectivity index (χ0) is 66.5. The van der Waals surface area contributed by atoms with Crippen LogP contribution in [0.25, 0.3) is 0 Å². The van der Waals surface area contributed by atoms with Crippen LogP contribution in [0, 0.1) is 60.0 Å². The van der Waals surface area contributed by atoms with E-state index < -0.39 is 118 Å². The molecule has 2 saturated carbocycles. The number of hydrogen-bond acceptors (Lipinski definition) is 15. The number of benzene rings is 2. The molecule has 10 atom stereocenters. The summed E-state index contributed by atoms with van der Waals surface area (Å²) in [5.74, 6) is -3.83. The first-order valence-corrected chi connectivity index (χ1v) is 31.2. The van der Waals surface area contributed by atoms with E-state index in [2.05, 4.69) is 16.7 Å². The third-order valence-corrected chi connectivity index (χ3v) is 18.0. The van der Waals surface area contributed by atoms with Crippen molar-refractivity contribution in [3.05, 3.63) is 94.6 Å². The number of aliphatic carboxylic acids is 1. The number of alkyl carbamates (subject to hydrolysis) is 2. The predicted octanol–water partition coefficient (Wildman–Crippen LogP) is 8.17. The topological polar surface area (TPSA) is 269 Å². The van der Waals surface area contributed by atoms with E-state index in [-0.39, 0.29) is 113 Å². The fourth-order valence-electron chi connectivity index (χ4n) is 13.2. The quantitative estimate of drug-likeness (QED) is 0.110. The van der Waals surface area contributed by atoms with E-state index in [1.807, 2.05) is 18.2 Å². The number of Topliss-reactive ketones (excluding diaryl/α,β-unsaturated/α-hetero) is 1. The number of fused-ring (bicyclic) bond motifs is 6. The number of ether oxygens (including phenoxy) is 5. The van der Waals surface area contributed by atoms with Gasteiger partial charge in [-0.15, -0.1) is 0 Å². The molecular weight excluding hydrogens is 1410 g/mol. The van der Waals surface area contributed by atoms with E-state index in [9.17, 15) is 57.0 Å². The number of rotatable bonds is 5. The Kier molecular flexibility index (Phi) is 21.1. The first-order chi connectivity index (χ1) is 43.6. The molecule has 2 aromatic rings. The Morgan fingerprint density at radius 1 is 0.681 bits per heavy atom. The van der Waals surface area contributed by atoms with Crippen LogP contribution >= 0.6 is 0 Å². The number of amides is 6. The van der Waals surface area contributed by atoms with Crippen LogP contribution < -0.4 is 10.6 Å². The Balaban J connectivity index is 0.000000227. The average Bonchev–Trinajstić information content (AvgIpc) is 1.56. The molecule has 1 spiro atoms. The van der Waals surface area contributed by atoms with Crippen molar-refractivity contribution in [2.75, 3.05) is 13.1 Å². The molecule has 9 aliphatic rings. The van der Waals surface area contributed by atoms with E-state index in [1.54, 1.807) is 65.8 Å². The first kappa shape index (κ1) is 67.1. The van der Waals surface area contributed by atoms with Crippen LogP contribution in [0.5, 0.6) is 0 Å². The maximum Gasteiger partial charge on any atom is 0.410 e. The SMILES string of the molecule is CC(C)(C)OC(=O)N[C@H]1CCCCC/C=C\[C@@H]2C[C@@]2(C(=O)O)CC(=O)[C@@H]2C[C@@H](OC(=O)N3Cc4cccc(F)c4C3)CN2C1=O.CC(C)(C)OC(=O)N[C@H]1CCCCC/C=C\[C@@H]2C[C@@]23N=C(OC3=O)[C@@H]2C[C@@H](OC(=O)N3Cc4cccc(F)c4C3)CN2C1=O.[3H][B][3H].[U]. The number of carboxylic acid groups (broad SMARTS) is 1. The number of ketones is 1. The molecule has 2 aliphatic carbocycles. The van der Waals surface area contributed by atoms with Gasteiger partial charge in [0.2, 0.25) is 17.7 Å². The van der Waals surface area contributed by atoms with E-state index >= 15 is 0 Å². The van der Waals surface area contributed by atoms with Gasteiger partial charge in [-0.2, -0.15) is 0 Å². The van der Waals surface area contributed by atoms with Gasteiger partial charge in [-0.1, -0.05) is 74.3 Å². The molecule has 22 nitrogen and oxygen atoms in total. The minimum atomic E-state index is -1.24. The predicted molar refractivity (Wildman–Crippen MR) is 324 cm³/mol. The van der Waals surface area contributed by atoms with Crippen molar-refractivity contribution in [1.29, 1.82) is 2.67 Å². The second-order valence-electron chi connectivity index (χ2n) is 27.0. The molecule has 0 unspecified atom stereocenters. The largest absolute Gasteiger partial charge is 0.481 e. The minimum Gasteiger partial charge on any atom is -0.481 e. The number of carbonyl (C=O) groups excluding carboxylic acids is 8. The van der Waals surface area contributed by atoms with Crippen molar-refractivity contribution < 1.29 is 112 Å². The Bertz CT molecular complexity index is 3280. The standard InChI is InChI=1S/C33H42FN3O8.C32H39FN4O7.BH2.U/c1-32(2,3)45-30(42)35-25-13-8-6-4-5-7-11-21-15-33(21,29(40)41)16-27(38)26-14-22(18-37(26)28(25)39)44-31(43)36-17-20-10-9-12-24(34)23(20)19-36;1-31(2,3)44-29(40)34-24-13-8-6-4-5-7-11-20-15-32(20)28(39)43-26(35-32)25-14-21(17-37(25)27(24)38)42-30(41)36-16-19-10-9-12-23(33)22(19)18-36;;/h7,9-12,21-22,25-26H,4-6,8,13-19H2,1-3H3,(H,35,42)(H,40,41);7,9-12,20-21,24-25H,4-6,8,13-18H2,1-3H3,(H,34,40);1H2;/b2*11-7-;;/t21-,22-,25+,26+,33-;20-,21-,24+,25+,32-;;/m11../s1/i;;1T2;. The van der Waals surface area contributed by atoms with Crippen LogP contribution in [0.2, 0.25) is 0 Å². The molecule has 3 N–H and O–H groups in total. The smallest absolute Gasteiger partial charge is 0.410 e. The summed E-state index contributed by atoms with van der Waals surface area (Å²) in [5, 5.41) is 15.5. The summed E-state index contributed by atoms with van der Waals surface area (Å²) in [5.41, 5.74) is -1.49. The normalized spacial score (nSPS) is 29.5. The van der Waals surface area contributed by atoms with Crippen LogP contribution in [-0.2, 0) is 73.8 Å². The van der Waals surface area contributed by atoms with Gasteiger partial charge >= 0.3 is 36.3 Å². The van der Waals surface area contributed by atoms with Gasteiger partial charge in [0.15, 0.2) is 11.3 Å². The second-order valence-corrected chi connectivity index (χ2v) is 27.0. The molecule has 91 heavy (non-hydrogen) atoms. The molecule has 11 rings (SSSR count). The number of hydrogen-bond donors (Lipinski definition) is 3. The summed E-state index contributed by atoms with van der Waals surface area (Å²) < 4.78 is 68.3. The van der Waals surface area contributed by atoms with Gasteiger partial charge in [-0.3, -0.25) is 29.0 Å². The van der Waals surface area contributed by atoms with Gasteiger partial charge in [0, 0.05) is 80.5 Å². The van der Waals surface area contributed by atoms with Gasteiger partial charge in [-0.25, -0.2) is 37.7 Å². The number of aliphatic imine (C=N–C) groups is 1. The molecule has 2 bridgehead atoms. The molecule has 2 saturated heterocycles. The van der Waals surface area contributed by atoms with Crippen LogP contribution in [0.3, 0.4) is 0 Å². The van der Waals surface area contributed by atoms with Crippen molar-refractivity contribution in [2.24, 2.45) is 22.2 Å². The Labute approximate surface area is 557 Å². The number of carbonyl (C=O) groups is 9. The minimum absolute atomic E-state index is 0. The number of allylic oxidation sites excluding steroid dienone is 3. The van der Waals surface area contributed by atoms with Crippen LogP contribution in [0.15, 0.2) is 65.7 Å². The summed E-state index contributed by atoms with van der Waals surface area (Å²) in [7, 11) is 0.500. The number of esters is 1. The average molecular weight is 1490 g/mol. The van der Waals surface area contributed by atoms with Crippen molar-refractivity contribution >= 4 is 68.1 Å². The van der Waals surface area contributed by atoms with E-state index in [1.165, 1.54) is 31.7 Å². The number of nitrogens with one attached hydrogen (secondary N) is 2. The van der Waals surface area contributed by atoms with Gasteiger partial charge in [-0.05, 0) is 125 Å². The van der Waals surface area contributed by atoms with Crippen molar-refractivity contribution in [3.63, 3.8) is 0 Å². The molecule has 0 aromatic heterocycles. The molecule has 6 amide bonds. The van der Waals surface area contributed by atoms with E-state index in [4.69, 9.17) is 31.3 Å². The van der Waals surface area contributed by atoms with Crippen LogP contribution in [0.1, 0.15) is 160 Å². The molecule has 489 valence electrons. The maximum absolute atomic E-state index is 14.3. The zero-order valence-electron chi connectivity index (χ0n) is 54.5. The number of halogens is 2. The van der Waals surface area contributed by atoms with Gasteiger partial charge in [0.05, 0.1) is 46.0 Å². The fraction of sp³-hybridized carbons (Fsp3) is 0.600. The van der Waals surface area contributed by atoms with E-state index in [0.717, 1.165) is 44.1 Å². The third-order valence-electron chi connectivity index (χ3n) is 18.0. The monoisotopic (exact) mass is 1490 g/mol. The van der Waals surface area contributed by atoms with E-state index in [0.29, 0.717) is 63.6 Å². The Hall–Kier alpha value is -6.80. The van der Waals surface area contributed by atoms with Gasteiger partial charge in [0.1, 0.15) is 53.2 Å². The molecule has 4 fully saturated rings. The molecule has 2 aromatic carbocycles. The molecule has 7 aliphatic heterocycles. The summed E-state index contributed by atoms with van der Waals surface area (Å²) in [6.07, 6.45) is 11.3. The maximum atomic E-state index is 14.3. The molecule has 26 heteroatoms. The fourth-order valence-corrected chi connectivity index (χ4v) is 13.2. The summed E-state index contributed by atoms with van der Waals surface area (Å²) >= 11 is 0. The number of carboxylic acids is 1.